The van der Waals surface area contributed by atoms with Crippen molar-refractivity contribution in [3.63, 3.8) is 0 Å². The molecular weight excluding hydrogens is 312 g/mol. The topological polar surface area (TPSA) is 73.5 Å². The zero-order valence-corrected chi connectivity index (χ0v) is 14.4. The second-order valence-electron chi connectivity index (χ2n) is 5.75. The summed E-state index contributed by atoms with van der Waals surface area (Å²) in [5.41, 5.74) is 1.61. The summed E-state index contributed by atoms with van der Waals surface area (Å²) in [6.45, 7) is 1.91. The monoisotopic (exact) mass is 336 g/mol. The Hall–Kier alpha value is -1.57. The van der Waals surface area contributed by atoms with Crippen molar-refractivity contribution in [3.8, 4) is 0 Å². The molecule has 1 aliphatic heterocycles. The lowest BCUT2D eigenvalue weighted by Gasteiger charge is -2.12. The fraction of sp³-hybridized carbons (Fsp3) is 0.500. The molecule has 2 rings (SSSR count). The van der Waals surface area contributed by atoms with Gasteiger partial charge in [-0.2, -0.15) is 0 Å². The van der Waals surface area contributed by atoms with Crippen LogP contribution in [0.25, 0.3) is 0 Å². The molecular formula is C16H24N4O2S. The quantitative estimate of drug-likeness (QED) is 0.666. The van der Waals surface area contributed by atoms with E-state index in [2.05, 4.69) is 16.0 Å². The molecule has 1 aromatic rings. The summed E-state index contributed by atoms with van der Waals surface area (Å²) >= 11 is 1.73. The minimum absolute atomic E-state index is 0.0282. The molecule has 1 unspecified atom stereocenters. The van der Waals surface area contributed by atoms with Gasteiger partial charge < -0.3 is 15.5 Å². The van der Waals surface area contributed by atoms with Gasteiger partial charge >= 0.3 is 0 Å². The number of carbonyl (C=O) groups excluding carboxylic acids is 2. The van der Waals surface area contributed by atoms with Crippen LogP contribution in [0.3, 0.4) is 0 Å². The van der Waals surface area contributed by atoms with Gasteiger partial charge in [-0.3, -0.25) is 14.9 Å². The van der Waals surface area contributed by atoms with Crippen molar-refractivity contribution < 1.29 is 9.59 Å². The minimum Gasteiger partial charge on any atom is -0.351 e. The van der Waals surface area contributed by atoms with Crippen LogP contribution >= 0.6 is 11.8 Å². The van der Waals surface area contributed by atoms with Gasteiger partial charge in [-0.05, 0) is 31.8 Å². The molecule has 1 aliphatic rings. The third-order valence-corrected chi connectivity index (χ3v) is 4.50. The molecule has 23 heavy (non-hydrogen) atoms. The van der Waals surface area contributed by atoms with Gasteiger partial charge in [-0.25, -0.2) is 0 Å². The maximum atomic E-state index is 12.0. The molecule has 7 heteroatoms. The Morgan fingerprint density at radius 2 is 2.00 bits per heavy atom. The van der Waals surface area contributed by atoms with Crippen LogP contribution in [0.2, 0.25) is 0 Å². The van der Waals surface area contributed by atoms with Crippen molar-refractivity contribution in [2.45, 2.75) is 12.6 Å². The first kappa shape index (κ1) is 17.8. The van der Waals surface area contributed by atoms with Crippen LogP contribution < -0.4 is 16.0 Å². The largest absolute Gasteiger partial charge is 0.351 e. The van der Waals surface area contributed by atoms with Gasteiger partial charge in [0.15, 0.2) is 0 Å². The lowest BCUT2D eigenvalue weighted by molar-refractivity contribution is -0.122. The van der Waals surface area contributed by atoms with E-state index in [-0.39, 0.29) is 17.9 Å². The van der Waals surface area contributed by atoms with E-state index >= 15 is 0 Å². The van der Waals surface area contributed by atoms with E-state index in [1.165, 1.54) is 0 Å². The van der Waals surface area contributed by atoms with E-state index in [1.807, 2.05) is 31.1 Å². The second kappa shape index (κ2) is 8.90. The van der Waals surface area contributed by atoms with Gasteiger partial charge in [0.1, 0.15) is 0 Å². The molecule has 0 saturated carbocycles. The first-order valence-electron chi connectivity index (χ1n) is 7.67. The number of hydrogen-bond donors (Lipinski definition) is 3. The lowest BCUT2D eigenvalue weighted by Crippen LogP contribution is -2.41. The number of hydrogen-bond acceptors (Lipinski definition) is 5. The average Bonchev–Trinajstić information content (AvgIpc) is 3.07. The second-order valence-corrected chi connectivity index (χ2v) is 6.78. The average molecular weight is 336 g/mol. The molecule has 1 aromatic carbocycles. The van der Waals surface area contributed by atoms with E-state index in [0.717, 1.165) is 23.7 Å². The summed E-state index contributed by atoms with van der Waals surface area (Å²) in [7, 11) is 3.93. The zero-order chi connectivity index (χ0) is 16.7. The van der Waals surface area contributed by atoms with Gasteiger partial charge in [-0.15, -0.1) is 11.8 Å². The Morgan fingerprint density at radius 3 is 2.61 bits per heavy atom. The van der Waals surface area contributed by atoms with Crippen LogP contribution in [-0.4, -0.2) is 61.6 Å². The Balaban J connectivity index is 1.77. The highest BCUT2D eigenvalue weighted by molar-refractivity contribution is 7.99. The van der Waals surface area contributed by atoms with Gasteiger partial charge in [0.25, 0.3) is 5.91 Å². The Bertz CT molecular complexity index is 527. The number of rotatable bonds is 7. The lowest BCUT2D eigenvalue weighted by atomic mass is 10.1. The molecule has 0 bridgehead atoms. The Morgan fingerprint density at radius 1 is 1.26 bits per heavy atom. The van der Waals surface area contributed by atoms with Crippen LogP contribution in [0, 0.1) is 0 Å². The van der Waals surface area contributed by atoms with Crippen molar-refractivity contribution in [3.05, 3.63) is 35.4 Å². The van der Waals surface area contributed by atoms with E-state index in [1.54, 1.807) is 23.9 Å². The molecule has 3 N–H and O–H groups in total. The third-order valence-electron chi connectivity index (χ3n) is 3.56. The highest BCUT2D eigenvalue weighted by Crippen LogP contribution is 2.10. The normalized spacial score (nSPS) is 17.3. The van der Waals surface area contributed by atoms with E-state index in [0.29, 0.717) is 18.7 Å². The highest BCUT2D eigenvalue weighted by atomic mass is 32.2. The third kappa shape index (κ3) is 5.85. The molecule has 0 radical (unpaired) electrons. The number of likely N-dealkylation sites (N-methyl/N-ethyl adjacent to an activating group) is 1. The summed E-state index contributed by atoms with van der Waals surface area (Å²) in [6, 6.07) is 7.23. The van der Waals surface area contributed by atoms with Crippen LogP contribution in [0.5, 0.6) is 0 Å². The fourth-order valence-electron chi connectivity index (χ4n) is 2.15. The predicted octanol–water partition coefficient (Wildman–Crippen LogP) is 0.257. The first-order chi connectivity index (χ1) is 11.1. The number of amides is 2. The minimum atomic E-state index is -0.0956. The molecule has 0 aliphatic carbocycles. The smallest absolute Gasteiger partial charge is 0.251 e. The zero-order valence-electron chi connectivity index (χ0n) is 13.6. The molecule has 1 saturated heterocycles. The SMILES string of the molecule is CN(C)CCNC(=O)c1ccc(CNC(=O)C2CSCN2)cc1. The van der Waals surface area contributed by atoms with E-state index in [4.69, 9.17) is 0 Å². The Labute approximate surface area is 141 Å². The standard InChI is InChI=1S/C16H24N4O2S/c1-20(2)8-7-17-15(21)13-5-3-12(4-6-13)9-18-16(22)14-10-23-11-19-14/h3-6,14,19H,7-11H2,1-2H3,(H,17,21)(H,18,22). The molecule has 1 heterocycles. The van der Waals surface area contributed by atoms with Gasteiger partial charge in [0.2, 0.25) is 5.91 Å². The van der Waals surface area contributed by atoms with Gasteiger partial charge in [-0.1, -0.05) is 12.1 Å². The van der Waals surface area contributed by atoms with Gasteiger partial charge in [0.05, 0.1) is 6.04 Å². The van der Waals surface area contributed by atoms with Crippen molar-refractivity contribution in [1.29, 1.82) is 0 Å². The van der Waals surface area contributed by atoms with Crippen molar-refractivity contribution in [1.82, 2.24) is 20.9 Å². The number of nitrogens with zero attached hydrogens (tertiary/aromatic N) is 1. The molecule has 1 fully saturated rings. The number of thioether (sulfide) groups is 1. The van der Waals surface area contributed by atoms with E-state index < -0.39 is 0 Å². The van der Waals surface area contributed by atoms with E-state index in [9.17, 15) is 9.59 Å². The van der Waals surface area contributed by atoms with Crippen molar-refractivity contribution >= 4 is 23.6 Å². The molecule has 126 valence electrons. The number of nitrogens with one attached hydrogen (secondary N) is 3. The summed E-state index contributed by atoms with van der Waals surface area (Å²) in [4.78, 5) is 25.9. The van der Waals surface area contributed by atoms with Crippen molar-refractivity contribution in [2.24, 2.45) is 0 Å². The molecule has 0 spiro atoms. The number of carbonyl (C=O) groups is 2. The van der Waals surface area contributed by atoms with Crippen LogP contribution in [-0.2, 0) is 11.3 Å². The molecule has 2 amide bonds. The molecule has 0 aromatic heterocycles. The van der Waals surface area contributed by atoms with Crippen molar-refractivity contribution in [2.75, 3.05) is 38.8 Å². The summed E-state index contributed by atoms with van der Waals surface area (Å²) in [6.07, 6.45) is 0. The fourth-order valence-corrected chi connectivity index (χ4v) is 3.09. The van der Waals surface area contributed by atoms with Crippen LogP contribution in [0.1, 0.15) is 15.9 Å². The maximum absolute atomic E-state index is 12.0. The summed E-state index contributed by atoms with van der Waals surface area (Å²) in [5.74, 6) is 1.60. The maximum Gasteiger partial charge on any atom is 0.251 e. The molecule has 1 atom stereocenters. The predicted molar refractivity (Wildman–Crippen MR) is 93.4 cm³/mol. The number of benzene rings is 1. The first-order valence-corrected chi connectivity index (χ1v) is 8.82. The summed E-state index contributed by atoms with van der Waals surface area (Å²) in [5, 5.41) is 8.93. The van der Waals surface area contributed by atoms with Crippen LogP contribution in [0.4, 0.5) is 0 Å². The molecule has 6 nitrogen and oxygen atoms in total. The Kier molecular flexibility index (Phi) is 6.88. The van der Waals surface area contributed by atoms with Gasteiger partial charge in [0, 0.05) is 36.8 Å². The summed E-state index contributed by atoms with van der Waals surface area (Å²) < 4.78 is 0. The highest BCUT2D eigenvalue weighted by Gasteiger charge is 2.21. The van der Waals surface area contributed by atoms with Crippen LogP contribution in [0.15, 0.2) is 24.3 Å².